The van der Waals surface area contributed by atoms with Crippen molar-refractivity contribution >= 4 is 24.3 Å². The molecule has 0 aliphatic heterocycles. The predicted molar refractivity (Wildman–Crippen MR) is 35.8 cm³/mol. The molecule has 1 heterocycles. The summed E-state index contributed by atoms with van der Waals surface area (Å²) in [5.74, 6) is 0. The Kier molecular flexibility index (Phi) is 1.93. The van der Waals surface area contributed by atoms with E-state index in [1.54, 1.807) is 0 Å². The molecule has 0 aliphatic carbocycles. The van der Waals surface area contributed by atoms with Gasteiger partial charge in [-0.1, -0.05) is 11.6 Å². The Morgan fingerprint density at radius 1 is 1.50 bits per heavy atom. The maximum Gasteiger partial charge on any atom is 0.513 e. The summed E-state index contributed by atoms with van der Waals surface area (Å²) in [6.07, 6.45) is 0. The van der Waals surface area contributed by atoms with E-state index in [9.17, 15) is 0 Å². The molecule has 10 heavy (non-hydrogen) atoms. The van der Waals surface area contributed by atoms with E-state index in [2.05, 4.69) is 10.2 Å². The number of rotatable bonds is 1. The van der Waals surface area contributed by atoms with Crippen LogP contribution < -0.4 is 5.59 Å². The van der Waals surface area contributed by atoms with Gasteiger partial charge in [-0.05, 0) is 0 Å². The van der Waals surface area contributed by atoms with E-state index >= 15 is 0 Å². The quantitative estimate of drug-likeness (QED) is 0.474. The molecule has 54 valence electrons. The molecule has 0 unspecified atom stereocenters. The molecule has 0 amide bonds. The van der Waals surface area contributed by atoms with Crippen LogP contribution in [0.4, 0.5) is 0 Å². The van der Waals surface area contributed by atoms with E-state index in [0.717, 1.165) is 4.80 Å². The van der Waals surface area contributed by atoms with E-state index in [-0.39, 0.29) is 10.7 Å². The number of aromatic nitrogens is 3. The zero-order valence-corrected chi connectivity index (χ0v) is 5.95. The van der Waals surface area contributed by atoms with Gasteiger partial charge in [0.15, 0.2) is 5.15 Å². The second-order valence-electron chi connectivity index (χ2n) is 1.74. The van der Waals surface area contributed by atoms with Crippen LogP contribution in [0.2, 0.25) is 5.15 Å². The molecule has 1 rings (SSSR count). The fourth-order valence-electron chi connectivity index (χ4n) is 0.556. The van der Waals surface area contributed by atoms with Crippen LogP contribution >= 0.6 is 11.6 Å². The Labute approximate surface area is 62.4 Å². The van der Waals surface area contributed by atoms with Gasteiger partial charge in [0.05, 0.1) is 0 Å². The minimum atomic E-state index is -1.65. The summed E-state index contributed by atoms with van der Waals surface area (Å²) in [7, 11) is -0.112. The molecular formula is C3H5BClN3O2. The molecule has 5 nitrogen and oxygen atoms in total. The first-order valence-electron chi connectivity index (χ1n) is 2.54. The van der Waals surface area contributed by atoms with Crippen molar-refractivity contribution in [2.24, 2.45) is 7.05 Å². The van der Waals surface area contributed by atoms with Crippen LogP contribution in [0.15, 0.2) is 0 Å². The monoisotopic (exact) mass is 161 g/mol. The molecule has 1 aromatic heterocycles. The normalized spacial score (nSPS) is 10.0. The topological polar surface area (TPSA) is 71.2 Å². The molecule has 0 atom stereocenters. The van der Waals surface area contributed by atoms with Crippen molar-refractivity contribution in [3.05, 3.63) is 5.15 Å². The lowest BCUT2D eigenvalue weighted by atomic mass is 9.87. The smallest absolute Gasteiger partial charge is 0.422 e. The molecule has 1 aromatic rings. The zero-order valence-electron chi connectivity index (χ0n) is 5.19. The standard InChI is InChI=1S/C3H5BClN3O2/c1-8-6-2(4(9)10)3(5)7-8/h9-10H,1H3. The molecule has 0 aliphatic rings. The molecular weight excluding hydrogens is 156 g/mol. The van der Waals surface area contributed by atoms with Crippen molar-refractivity contribution in [2.75, 3.05) is 0 Å². The van der Waals surface area contributed by atoms with Gasteiger partial charge in [-0.15, -0.1) is 5.10 Å². The highest BCUT2D eigenvalue weighted by atomic mass is 35.5. The van der Waals surface area contributed by atoms with Gasteiger partial charge in [-0.2, -0.15) is 9.90 Å². The third kappa shape index (κ3) is 1.28. The second-order valence-corrected chi connectivity index (χ2v) is 2.10. The molecule has 0 radical (unpaired) electrons. The van der Waals surface area contributed by atoms with E-state index < -0.39 is 7.12 Å². The van der Waals surface area contributed by atoms with Crippen molar-refractivity contribution in [3.63, 3.8) is 0 Å². The number of hydrogen-bond acceptors (Lipinski definition) is 4. The Balaban J connectivity index is 3.03. The van der Waals surface area contributed by atoms with E-state index in [4.69, 9.17) is 21.6 Å². The number of halogens is 1. The van der Waals surface area contributed by atoms with Crippen LogP contribution in [-0.4, -0.2) is 32.2 Å². The highest BCUT2D eigenvalue weighted by molar-refractivity contribution is 6.61. The van der Waals surface area contributed by atoms with Crippen LogP contribution in [0, 0.1) is 0 Å². The summed E-state index contributed by atoms with van der Waals surface area (Å²) in [5, 5.41) is 24.3. The van der Waals surface area contributed by atoms with Crippen LogP contribution in [-0.2, 0) is 7.05 Å². The van der Waals surface area contributed by atoms with Crippen molar-refractivity contribution in [3.8, 4) is 0 Å². The SMILES string of the molecule is Cn1nc(Cl)c(B(O)O)n1. The van der Waals surface area contributed by atoms with Crippen molar-refractivity contribution in [1.29, 1.82) is 0 Å². The first-order valence-corrected chi connectivity index (χ1v) is 2.92. The van der Waals surface area contributed by atoms with E-state index in [1.165, 1.54) is 7.05 Å². The van der Waals surface area contributed by atoms with Crippen LogP contribution in [0.5, 0.6) is 0 Å². The lowest BCUT2D eigenvalue weighted by molar-refractivity contribution is 0.423. The second kappa shape index (κ2) is 2.57. The largest absolute Gasteiger partial charge is 0.513 e. The van der Waals surface area contributed by atoms with Gasteiger partial charge in [0.25, 0.3) is 0 Å². The number of hydrogen-bond donors (Lipinski definition) is 2. The number of aryl methyl sites for hydroxylation is 1. The van der Waals surface area contributed by atoms with Gasteiger partial charge in [0, 0.05) is 7.05 Å². The van der Waals surface area contributed by atoms with Crippen molar-refractivity contribution in [2.45, 2.75) is 0 Å². The van der Waals surface area contributed by atoms with Crippen LogP contribution in [0.25, 0.3) is 0 Å². The fraction of sp³-hybridized carbons (Fsp3) is 0.333. The van der Waals surface area contributed by atoms with Crippen molar-refractivity contribution in [1.82, 2.24) is 15.0 Å². The van der Waals surface area contributed by atoms with Gasteiger partial charge < -0.3 is 10.0 Å². The lowest BCUT2D eigenvalue weighted by Gasteiger charge is -1.88. The highest BCUT2D eigenvalue weighted by Crippen LogP contribution is 1.96. The summed E-state index contributed by atoms with van der Waals surface area (Å²) < 4.78 is 0. The summed E-state index contributed by atoms with van der Waals surface area (Å²) in [6, 6.07) is 0. The van der Waals surface area contributed by atoms with Crippen LogP contribution in [0.1, 0.15) is 0 Å². The minimum absolute atomic E-state index is 0.0116. The average Bonchev–Trinajstić information content (AvgIpc) is 2.10. The summed E-state index contributed by atoms with van der Waals surface area (Å²) >= 11 is 5.43. The van der Waals surface area contributed by atoms with E-state index in [0.29, 0.717) is 0 Å². The van der Waals surface area contributed by atoms with Gasteiger partial charge >= 0.3 is 7.12 Å². The molecule has 0 bridgehead atoms. The van der Waals surface area contributed by atoms with Gasteiger partial charge in [0.2, 0.25) is 0 Å². The Morgan fingerprint density at radius 2 is 2.10 bits per heavy atom. The third-order valence-corrected chi connectivity index (χ3v) is 1.21. The fourth-order valence-corrected chi connectivity index (χ4v) is 0.801. The molecule has 0 fully saturated rings. The summed E-state index contributed by atoms with van der Waals surface area (Å²) in [4.78, 5) is 1.16. The average molecular weight is 161 g/mol. The van der Waals surface area contributed by atoms with Crippen molar-refractivity contribution < 1.29 is 10.0 Å². The van der Waals surface area contributed by atoms with Gasteiger partial charge in [0.1, 0.15) is 5.59 Å². The molecule has 0 saturated carbocycles. The maximum atomic E-state index is 8.57. The minimum Gasteiger partial charge on any atom is -0.422 e. The van der Waals surface area contributed by atoms with Crippen LogP contribution in [0.3, 0.4) is 0 Å². The summed E-state index contributed by atoms with van der Waals surface area (Å²) in [6.45, 7) is 0. The predicted octanol–water partition coefficient (Wildman–Crippen LogP) is -1.85. The zero-order chi connectivity index (χ0) is 7.72. The lowest BCUT2D eigenvalue weighted by Crippen LogP contribution is -2.32. The Bertz CT molecular complexity index is 238. The van der Waals surface area contributed by atoms with Gasteiger partial charge in [-0.25, -0.2) is 0 Å². The summed E-state index contributed by atoms with van der Waals surface area (Å²) in [5.41, 5.74) is -0.0239. The van der Waals surface area contributed by atoms with Gasteiger partial charge in [-0.3, -0.25) is 0 Å². The molecule has 2 N–H and O–H groups in total. The highest BCUT2D eigenvalue weighted by Gasteiger charge is 2.20. The first kappa shape index (κ1) is 7.52. The third-order valence-electron chi connectivity index (χ3n) is 0.941. The Morgan fingerprint density at radius 3 is 2.30 bits per heavy atom. The van der Waals surface area contributed by atoms with E-state index in [1.807, 2.05) is 0 Å². The Hall–Kier alpha value is -0.585. The molecule has 7 heteroatoms. The molecule has 0 spiro atoms. The molecule has 0 aromatic carbocycles. The number of nitrogens with zero attached hydrogens (tertiary/aromatic N) is 3. The maximum absolute atomic E-state index is 8.57. The first-order chi connectivity index (χ1) is 4.61. The molecule has 0 saturated heterocycles.